The van der Waals surface area contributed by atoms with Crippen molar-refractivity contribution in [2.24, 2.45) is 28.0 Å². The van der Waals surface area contributed by atoms with Gasteiger partial charge in [-0.2, -0.15) is 0 Å². The fourth-order valence-electron chi connectivity index (χ4n) is 5.70. The summed E-state index contributed by atoms with van der Waals surface area (Å²) in [6.07, 6.45) is 3.21. The van der Waals surface area contributed by atoms with Gasteiger partial charge in [-0.15, -0.1) is 0 Å². The summed E-state index contributed by atoms with van der Waals surface area (Å²) in [5.74, 6) is 0.956. The van der Waals surface area contributed by atoms with Crippen molar-refractivity contribution >= 4 is 17.8 Å². The van der Waals surface area contributed by atoms with Crippen LogP contribution in [0.1, 0.15) is 71.4 Å². The average Bonchev–Trinajstić information content (AvgIpc) is 3.63. The van der Waals surface area contributed by atoms with Crippen LogP contribution in [0.25, 0.3) is 0 Å². The van der Waals surface area contributed by atoms with E-state index in [1.807, 2.05) is 38.1 Å². The molecule has 0 spiro atoms. The van der Waals surface area contributed by atoms with Gasteiger partial charge in [0.15, 0.2) is 5.96 Å². The summed E-state index contributed by atoms with van der Waals surface area (Å²) in [5.41, 5.74) is 6.73. The molecule has 4 atom stereocenters. The Labute approximate surface area is 208 Å². The smallest absolute Gasteiger partial charge is 0.231 e. The van der Waals surface area contributed by atoms with E-state index in [0.717, 1.165) is 30.6 Å². The number of nitrogens with one attached hydrogen (secondary N) is 1. The molecule has 3 N–H and O–H groups in total. The molecule has 8 heteroatoms. The van der Waals surface area contributed by atoms with Crippen LogP contribution in [-0.4, -0.2) is 54.6 Å². The number of guanidine groups is 1. The van der Waals surface area contributed by atoms with Gasteiger partial charge in [-0.25, -0.2) is 4.99 Å². The topological polar surface area (TPSA) is 106 Å². The van der Waals surface area contributed by atoms with Crippen molar-refractivity contribution in [3.8, 4) is 5.75 Å². The first-order valence-corrected chi connectivity index (χ1v) is 12.8. The van der Waals surface area contributed by atoms with Crippen LogP contribution in [0.4, 0.5) is 0 Å². The van der Waals surface area contributed by atoms with Crippen LogP contribution in [0, 0.1) is 17.3 Å². The monoisotopic (exact) mass is 484 g/mol. The van der Waals surface area contributed by atoms with Gasteiger partial charge in [-0.05, 0) is 37.7 Å². The molecule has 1 aliphatic carbocycles. The maximum absolute atomic E-state index is 13.5. The Hall–Kier alpha value is -2.61. The fourth-order valence-corrected chi connectivity index (χ4v) is 5.70. The third-order valence-electron chi connectivity index (χ3n) is 8.18. The lowest BCUT2D eigenvalue weighted by Crippen LogP contribution is -2.56. The van der Waals surface area contributed by atoms with E-state index in [2.05, 4.69) is 19.2 Å². The van der Waals surface area contributed by atoms with Gasteiger partial charge in [-0.1, -0.05) is 45.9 Å². The lowest BCUT2D eigenvalue weighted by Gasteiger charge is -2.41. The Morgan fingerprint density at radius 1 is 1.31 bits per heavy atom. The molecule has 1 saturated carbocycles. The maximum atomic E-state index is 13.5. The highest BCUT2D eigenvalue weighted by Gasteiger charge is 2.53. The number of hydrogen-bond donors (Lipinski definition) is 2. The summed E-state index contributed by atoms with van der Waals surface area (Å²) in [5, 5.41) is 3.31. The van der Waals surface area contributed by atoms with Crippen LogP contribution in [0.3, 0.4) is 0 Å². The molecule has 0 radical (unpaired) electrons. The molecule has 35 heavy (non-hydrogen) atoms. The van der Waals surface area contributed by atoms with Crippen molar-refractivity contribution in [1.82, 2.24) is 10.2 Å². The molecule has 3 aliphatic rings. The molecule has 2 amide bonds. The van der Waals surface area contributed by atoms with Gasteiger partial charge in [0.1, 0.15) is 5.75 Å². The zero-order valence-corrected chi connectivity index (χ0v) is 21.7. The highest BCUT2D eigenvalue weighted by molar-refractivity contribution is 5.99. The number of aliphatic imine (C=N–C) groups is 1. The van der Waals surface area contributed by atoms with E-state index < -0.39 is 5.54 Å². The Kier molecular flexibility index (Phi) is 7.13. The molecule has 1 aromatic rings. The van der Waals surface area contributed by atoms with E-state index in [4.69, 9.17) is 20.2 Å². The SMILES string of the molecule is CCC1(CC)CC(=O)N(C(CCOC)[C@@H]2C[C@H]2C(=O)NC2c3ccccc3OCC2(C)C)C(N)=N1. The van der Waals surface area contributed by atoms with E-state index in [-0.39, 0.29) is 47.1 Å². The molecule has 192 valence electrons. The number of fused-ring (bicyclic) bond motifs is 1. The van der Waals surface area contributed by atoms with Gasteiger partial charge in [-0.3, -0.25) is 14.5 Å². The lowest BCUT2D eigenvalue weighted by molar-refractivity contribution is -0.133. The largest absolute Gasteiger partial charge is 0.493 e. The van der Waals surface area contributed by atoms with Gasteiger partial charge >= 0.3 is 0 Å². The number of hydrogen-bond acceptors (Lipinski definition) is 6. The normalized spacial score (nSPS) is 27.3. The van der Waals surface area contributed by atoms with E-state index >= 15 is 0 Å². The molecule has 1 fully saturated rings. The van der Waals surface area contributed by atoms with Crippen LogP contribution in [-0.2, 0) is 14.3 Å². The molecule has 4 rings (SSSR count). The fraction of sp³-hybridized carbons (Fsp3) is 0.667. The zero-order chi connectivity index (χ0) is 25.4. The second kappa shape index (κ2) is 9.80. The Morgan fingerprint density at radius 3 is 2.69 bits per heavy atom. The molecule has 2 aliphatic heterocycles. The minimum Gasteiger partial charge on any atom is -0.493 e. The van der Waals surface area contributed by atoms with E-state index in [0.29, 0.717) is 26.1 Å². The molecule has 8 nitrogen and oxygen atoms in total. The van der Waals surface area contributed by atoms with Crippen LogP contribution < -0.4 is 15.8 Å². The van der Waals surface area contributed by atoms with Crippen molar-refractivity contribution in [3.63, 3.8) is 0 Å². The third kappa shape index (κ3) is 4.90. The van der Waals surface area contributed by atoms with Gasteiger partial charge in [0, 0.05) is 36.7 Å². The summed E-state index contributed by atoms with van der Waals surface area (Å²) >= 11 is 0. The summed E-state index contributed by atoms with van der Waals surface area (Å²) in [4.78, 5) is 33.2. The summed E-state index contributed by atoms with van der Waals surface area (Å²) in [6, 6.07) is 7.53. The number of nitrogens with two attached hydrogens (primary N) is 1. The highest BCUT2D eigenvalue weighted by atomic mass is 16.5. The van der Waals surface area contributed by atoms with Crippen molar-refractivity contribution in [2.75, 3.05) is 20.3 Å². The minimum atomic E-state index is -0.425. The number of methoxy groups -OCH3 is 1. The van der Waals surface area contributed by atoms with Crippen LogP contribution >= 0.6 is 0 Å². The molecule has 0 saturated heterocycles. The summed E-state index contributed by atoms with van der Waals surface area (Å²) in [7, 11) is 1.65. The number of rotatable bonds is 9. The standard InChI is InChI=1S/C27H40N4O4/c1-6-27(7-2)15-22(32)31(25(28)30-27)20(12-13-34-5)18-14-19(18)24(33)29-23-17-10-8-9-11-21(17)35-16-26(23,3)4/h8-11,18-20,23H,6-7,12-16H2,1-5H3,(H2,28,30)(H,29,33)/t18-,19-,20?,23?/m1/s1. The molecule has 0 bridgehead atoms. The first kappa shape index (κ1) is 25.5. The molecule has 1 aromatic carbocycles. The van der Waals surface area contributed by atoms with Crippen LogP contribution in [0.2, 0.25) is 0 Å². The van der Waals surface area contributed by atoms with Crippen molar-refractivity contribution in [2.45, 2.75) is 77.4 Å². The number of carbonyl (C=O) groups excluding carboxylic acids is 2. The number of amides is 2. The first-order chi connectivity index (χ1) is 16.7. The first-order valence-electron chi connectivity index (χ1n) is 12.8. The van der Waals surface area contributed by atoms with Crippen LogP contribution in [0.5, 0.6) is 5.75 Å². The predicted molar refractivity (Wildman–Crippen MR) is 135 cm³/mol. The number of ether oxygens (including phenoxy) is 2. The molecule has 0 aromatic heterocycles. The Morgan fingerprint density at radius 2 is 2.03 bits per heavy atom. The van der Waals surface area contributed by atoms with Crippen LogP contribution in [0.15, 0.2) is 29.3 Å². The van der Waals surface area contributed by atoms with Gasteiger partial charge in [0.2, 0.25) is 11.8 Å². The van der Waals surface area contributed by atoms with E-state index in [9.17, 15) is 9.59 Å². The van der Waals surface area contributed by atoms with Crippen molar-refractivity contribution in [1.29, 1.82) is 0 Å². The Bertz CT molecular complexity index is 987. The quantitative estimate of drug-likeness (QED) is 0.559. The van der Waals surface area contributed by atoms with Gasteiger partial charge in [0.25, 0.3) is 0 Å². The molecular weight excluding hydrogens is 444 g/mol. The number of para-hydroxylation sites is 1. The van der Waals surface area contributed by atoms with Crippen molar-refractivity contribution in [3.05, 3.63) is 29.8 Å². The lowest BCUT2D eigenvalue weighted by atomic mass is 9.79. The number of carbonyl (C=O) groups is 2. The van der Waals surface area contributed by atoms with E-state index in [1.165, 1.54) is 0 Å². The van der Waals surface area contributed by atoms with Gasteiger partial charge < -0.3 is 20.5 Å². The van der Waals surface area contributed by atoms with Gasteiger partial charge in [0.05, 0.1) is 24.6 Å². The second-order valence-corrected chi connectivity index (χ2v) is 11.0. The molecule has 2 unspecified atom stereocenters. The molecule has 2 heterocycles. The summed E-state index contributed by atoms with van der Waals surface area (Å²) < 4.78 is 11.3. The predicted octanol–water partition coefficient (Wildman–Crippen LogP) is 3.41. The number of benzene rings is 1. The highest BCUT2D eigenvalue weighted by Crippen LogP contribution is 2.48. The average molecular weight is 485 g/mol. The summed E-state index contributed by atoms with van der Waals surface area (Å²) in [6.45, 7) is 9.32. The Balaban J connectivity index is 1.52. The third-order valence-corrected chi connectivity index (χ3v) is 8.18. The minimum absolute atomic E-state index is 0.00662. The second-order valence-electron chi connectivity index (χ2n) is 11.0. The van der Waals surface area contributed by atoms with E-state index in [1.54, 1.807) is 12.0 Å². The molecular formula is C27H40N4O4. The zero-order valence-electron chi connectivity index (χ0n) is 21.7. The maximum Gasteiger partial charge on any atom is 0.231 e. The van der Waals surface area contributed by atoms with Crippen molar-refractivity contribution < 1.29 is 19.1 Å². The number of nitrogens with zero attached hydrogens (tertiary/aromatic N) is 2.